The van der Waals surface area contributed by atoms with E-state index >= 15 is 0 Å². The van der Waals surface area contributed by atoms with Crippen LogP contribution in [-0.4, -0.2) is 9.13 Å². The quantitative estimate of drug-likeness (QED) is 0.188. The summed E-state index contributed by atoms with van der Waals surface area (Å²) >= 11 is 0. The molecule has 0 spiro atoms. The van der Waals surface area contributed by atoms with Gasteiger partial charge in [0, 0.05) is 54.5 Å². The molecule has 4 aromatic heterocycles. The maximum atomic E-state index is 6.32. The molecule has 0 saturated carbocycles. The largest absolute Gasteiger partial charge is 0.456 e. The molecule has 0 bridgehead atoms. The molecule has 4 heterocycles. The summed E-state index contributed by atoms with van der Waals surface area (Å²) in [5.41, 5.74) is 12.9. The molecule has 0 aliphatic carbocycles. The van der Waals surface area contributed by atoms with Gasteiger partial charge in [-0.3, -0.25) is 0 Å². The molecule has 0 fully saturated rings. The maximum absolute atomic E-state index is 6.32. The van der Waals surface area contributed by atoms with Gasteiger partial charge in [0.1, 0.15) is 22.3 Å². The van der Waals surface area contributed by atoms with Crippen LogP contribution in [0.2, 0.25) is 0 Å². The summed E-state index contributed by atoms with van der Waals surface area (Å²) in [6.07, 6.45) is 0. The number of hydrogen-bond donors (Lipinski definition) is 0. The van der Waals surface area contributed by atoms with Crippen LogP contribution in [0.5, 0.6) is 0 Å². The minimum atomic E-state index is 0.911. The van der Waals surface area contributed by atoms with Crippen LogP contribution in [0.3, 0.4) is 0 Å². The van der Waals surface area contributed by atoms with E-state index in [1.54, 1.807) is 0 Å². The number of benzene rings is 8. The number of rotatable bonds is 3. The van der Waals surface area contributed by atoms with Gasteiger partial charge in [-0.15, -0.1) is 0 Å². The van der Waals surface area contributed by atoms with Crippen molar-refractivity contribution in [3.05, 3.63) is 170 Å². The molecule has 4 heteroatoms. The number of furan rings is 2. The zero-order valence-electron chi connectivity index (χ0n) is 27.9. The molecule has 0 amide bonds. The van der Waals surface area contributed by atoms with E-state index in [2.05, 4.69) is 155 Å². The molecular weight excluding hydrogens is 637 g/mol. The molecule has 0 unspecified atom stereocenters. The highest BCUT2D eigenvalue weighted by Gasteiger charge is 2.19. The summed E-state index contributed by atoms with van der Waals surface area (Å²) < 4.78 is 17.4. The Bertz CT molecular complexity index is 3190. The Kier molecular flexibility index (Phi) is 5.47. The lowest BCUT2D eigenvalue weighted by Gasteiger charge is -2.13. The van der Waals surface area contributed by atoms with Gasteiger partial charge in [-0.1, -0.05) is 97.1 Å². The van der Waals surface area contributed by atoms with Crippen LogP contribution in [0, 0.1) is 0 Å². The molecule has 4 nitrogen and oxygen atoms in total. The lowest BCUT2D eigenvalue weighted by molar-refractivity contribution is 0.669. The first-order chi connectivity index (χ1) is 25.8. The molecule has 242 valence electrons. The normalized spacial score (nSPS) is 12.2. The Morgan fingerprint density at radius 2 is 0.692 bits per heavy atom. The van der Waals surface area contributed by atoms with Gasteiger partial charge in [0.15, 0.2) is 0 Å². The smallest absolute Gasteiger partial charge is 0.136 e. The van der Waals surface area contributed by atoms with Gasteiger partial charge in [-0.25, -0.2) is 0 Å². The highest BCUT2D eigenvalue weighted by molar-refractivity contribution is 6.18. The molecule has 12 rings (SSSR count). The average Bonchev–Trinajstić information content (AvgIpc) is 3.93. The molecule has 0 atom stereocenters. The fourth-order valence-electron chi connectivity index (χ4n) is 8.58. The fraction of sp³-hybridized carbons (Fsp3) is 0. The Morgan fingerprint density at radius 3 is 1.17 bits per heavy atom. The third-order valence-electron chi connectivity index (χ3n) is 10.9. The predicted molar refractivity (Wildman–Crippen MR) is 215 cm³/mol. The van der Waals surface area contributed by atoms with Crippen molar-refractivity contribution in [3.8, 4) is 22.5 Å². The van der Waals surface area contributed by atoms with E-state index in [0.717, 1.165) is 77.4 Å². The molecular formula is C48H28N2O2. The van der Waals surface area contributed by atoms with Gasteiger partial charge in [0.05, 0.1) is 22.1 Å². The Balaban J connectivity index is 1.06. The summed E-state index contributed by atoms with van der Waals surface area (Å²) in [6, 6.07) is 60.8. The van der Waals surface area contributed by atoms with Crippen LogP contribution in [0.4, 0.5) is 0 Å². The highest BCUT2D eigenvalue weighted by atomic mass is 16.3. The average molecular weight is 665 g/mol. The summed E-state index contributed by atoms with van der Waals surface area (Å²) in [4.78, 5) is 0. The van der Waals surface area contributed by atoms with Gasteiger partial charge in [-0.05, 0) is 83.9 Å². The van der Waals surface area contributed by atoms with Crippen LogP contribution in [0.1, 0.15) is 0 Å². The van der Waals surface area contributed by atoms with Crippen molar-refractivity contribution in [2.75, 3.05) is 0 Å². The van der Waals surface area contributed by atoms with Gasteiger partial charge in [0.25, 0.3) is 0 Å². The number of hydrogen-bond acceptors (Lipinski definition) is 2. The molecule has 0 aliphatic heterocycles. The van der Waals surface area contributed by atoms with Crippen molar-refractivity contribution >= 4 is 87.5 Å². The first kappa shape index (κ1) is 27.7. The molecule has 0 N–H and O–H groups in total. The topological polar surface area (TPSA) is 36.1 Å². The lowest BCUT2D eigenvalue weighted by atomic mass is 10.0. The van der Waals surface area contributed by atoms with Crippen LogP contribution in [-0.2, 0) is 0 Å². The molecule has 0 radical (unpaired) electrons. The van der Waals surface area contributed by atoms with Crippen LogP contribution in [0.25, 0.3) is 110 Å². The number of nitrogens with zero attached hydrogens (tertiary/aromatic N) is 2. The third-order valence-corrected chi connectivity index (χ3v) is 10.9. The van der Waals surface area contributed by atoms with Crippen molar-refractivity contribution in [2.45, 2.75) is 0 Å². The predicted octanol–water partition coefficient (Wildman–Crippen LogP) is 13.3. The Morgan fingerprint density at radius 1 is 0.269 bits per heavy atom. The molecule has 0 saturated heterocycles. The SMILES string of the molecule is c1cc(-c2cccc(-n3c4ccccc4c4cc5oc6ccccc6c5cc43)c2)cc(-n2c3ccccc3c3cc4oc5ccccc5c4cc32)c1. The number of aromatic nitrogens is 2. The first-order valence-electron chi connectivity index (χ1n) is 17.7. The molecule has 52 heavy (non-hydrogen) atoms. The van der Waals surface area contributed by atoms with Gasteiger partial charge in [-0.2, -0.15) is 0 Å². The molecule has 12 aromatic rings. The highest BCUT2D eigenvalue weighted by Crippen LogP contribution is 2.41. The standard InChI is InChI=1S/C48H28N2O2/c1-5-19-41-33(15-1)37-27-47-39(35-17-3-7-21-45(35)51-47)25-43(37)49(41)31-13-9-11-29(23-31)30-12-10-14-32(24-30)50-42-20-6-2-16-34(42)38-28-48-40(26-44(38)50)36-18-4-8-22-46(36)52-48/h1-28H. The van der Waals surface area contributed by atoms with Crippen molar-refractivity contribution < 1.29 is 8.83 Å². The summed E-state index contributed by atoms with van der Waals surface area (Å²) in [5, 5.41) is 9.30. The fourth-order valence-corrected chi connectivity index (χ4v) is 8.58. The lowest BCUT2D eigenvalue weighted by Crippen LogP contribution is -1.96. The van der Waals surface area contributed by atoms with Crippen LogP contribution >= 0.6 is 0 Å². The van der Waals surface area contributed by atoms with Crippen molar-refractivity contribution in [1.29, 1.82) is 0 Å². The van der Waals surface area contributed by atoms with E-state index < -0.39 is 0 Å². The minimum absolute atomic E-state index is 0.911. The Labute approximate surface area is 296 Å². The van der Waals surface area contributed by atoms with Gasteiger partial charge in [0.2, 0.25) is 0 Å². The first-order valence-corrected chi connectivity index (χ1v) is 17.7. The van der Waals surface area contributed by atoms with Crippen molar-refractivity contribution in [1.82, 2.24) is 9.13 Å². The summed E-state index contributed by atoms with van der Waals surface area (Å²) in [6.45, 7) is 0. The Hall–Kier alpha value is -7.04. The van der Waals surface area contributed by atoms with E-state index in [9.17, 15) is 0 Å². The van der Waals surface area contributed by atoms with Gasteiger partial charge >= 0.3 is 0 Å². The molecule has 8 aromatic carbocycles. The second-order valence-electron chi connectivity index (χ2n) is 13.7. The zero-order valence-corrected chi connectivity index (χ0v) is 27.9. The second-order valence-corrected chi connectivity index (χ2v) is 13.7. The monoisotopic (exact) mass is 664 g/mol. The third kappa shape index (κ3) is 3.81. The van der Waals surface area contributed by atoms with E-state index in [4.69, 9.17) is 8.83 Å². The van der Waals surface area contributed by atoms with E-state index in [-0.39, 0.29) is 0 Å². The minimum Gasteiger partial charge on any atom is -0.456 e. The van der Waals surface area contributed by atoms with E-state index in [1.165, 1.54) is 32.6 Å². The summed E-state index contributed by atoms with van der Waals surface area (Å²) in [5.74, 6) is 0. The second kappa shape index (κ2) is 10.3. The number of fused-ring (bicyclic) bond motifs is 12. The van der Waals surface area contributed by atoms with Crippen molar-refractivity contribution in [3.63, 3.8) is 0 Å². The van der Waals surface area contributed by atoms with Gasteiger partial charge < -0.3 is 18.0 Å². The summed E-state index contributed by atoms with van der Waals surface area (Å²) in [7, 11) is 0. The van der Waals surface area contributed by atoms with E-state index in [0.29, 0.717) is 0 Å². The van der Waals surface area contributed by atoms with E-state index in [1.807, 2.05) is 24.3 Å². The molecule has 0 aliphatic rings. The van der Waals surface area contributed by atoms with Crippen LogP contribution in [0.15, 0.2) is 179 Å². The van der Waals surface area contributed by atoms with Crippen molar-refractivity contribution in [2.24, 2.45) is 0 Å². The maximum Gasteiger partial charge on any atom is 0.136 e. The number of para-hydroxylation sites is 4. The zero-order chi connectivity index (χ0) is 33.9. The van der Waals surface area contributed by atoms with Crippen LogP contribution < -0.4 is 0 Å².